The van der Waals surface area contributed by atoms with Gasteiger partial charge in [-0.1, -0.05) is 23.9 Å². The Hall–Kier alpha value is -3.34. The van der Waals surface area contributed by atoms with Gasteiger partial charge in [0.15, 0.2) is 5.16 Å². The summed E-state index contributed by atoms with van der Waals surface area (Å²) < 4.78 is 41.1. The molecule has 4 rings (SSSR count). The molecule has 1 atom stereocenters. The second kappa shape index (κ2) is 7.73. The van der Waals surface area contributed by atoms with Gasteiger partial charge in [-0.15, -0.1) is 10.2 Å². The number of para-hydroxylation sites is 1. The molecular formula is C20H16F3N5O2S. The van der Waals surface area contributed by atoms with Gasteiger partial charge >= 0.3 is 6.18 Å². The van der Waals surface area contributed by atoms with Crippen LogP contribution in [-0.4, -0.2) is 30.3 Å². The van der Waals surface area contributed by atoms with Gasteiger partial charge in [0.1, 0.15) is 0 Å². The SMILES string of the molecule is CC(Sc1nnc2n(C)c(=O)c3ccccc3n12)C(=O)Nc1ccc(C(F)(F)F)cc1. The maximum absolute atomic E-state index is 12.7. The third kappa shape index (κ3) is 3.88. The first-order valence-corrected chi connectivity index (χ1v) is 10.0. The summed E-state index contributed by atoms with van der Waals surface area (Å²) in [6, 6.07) is 11.2. The van der Waals surface area contributed by atoms with Crippen LogP contribution in [0, 0.1) is 0 Å². The Labute approximate surface area is 177 Å². The Kier molecular flexibility index (Phi) is 5.21. The summed E-state index contributed by atoms with van der Waals surface area (Å²) in [7, 11) is 1.59. The second-order valence-corrected chi connectivity index (χ2v) is 8.13. The van der Waals surface area contributed by atoms with E-state index in [1.54, 1.807) is 42.6 Å². The number of alkyl halides is 3. The Morgan fingerprint density at radius 2 is 1.77 bits per heavy atom. The molecule has 0 aliphatic carbocycles. The zero-order valence-corrected chi connectivity index (χ0v) is 17.2. The number of aromatic nitrogens is 4. The van der Waals surface area contributed by atoms with E-state index >= 15 is 0 Å². The van der Waals surface area contributed by atoms with Crippen LogP contribution >= 0.6 is 11.8 Å². The first-order chi connectivity index (χ1) is 14.7. The molecule has 160 valence electrons. The van der Waals surface area contributed by atoms with E-state index in [0.29, 0.717) is 21.8 Å². The molecule has 0 spiro atoms. The molecule has 0 saturated carbocycles. The van der Waals surface area contributed by atoms with E-state index in [4.69, 9.17) is 0 Å². The van der Waals surface area contributed by atoms with E-state index in [-0.39, 0.29) is 11.2 Å². The highest BCUT2D eigenvalue weighted by Gasteiger charge is 2.30. The number of benzene rings is 2. The summed E-state index contributed by atoms with van der Waals surface area (Å²) in [6.45, 7) is 1.65. The summed E-state index contributed by atoms with van der Waals surface area (Å²) in [6.07, 6.45) is -4.44. The second-order valence-electron chi connectivity index (χ2n) is 6.82. The summed E-state index contributed by atoms with van der Waals surface area (Å²) >= 11 is 1.13. The van der Waals surface area contributed by atoms with Crippen LogP contribution in [0.15, 0.2) is 58.5 Å². The number of nitrogens with zero attached hydrogens (tertiary/aromatic N) is 4. The number of amides is 1. The molecule has 31 heavy (non-hydrogen) atoms. The average molecular weight is 447 g/mol. The molecular weight excluding hydrogens is 431 g/mol. The molecule has 0 radical (unpaired) electrons. The van der Waals surface area contributed by atoms with E-state index in [1.807, 2.05) is 0 Å². The molecule has 2 aromatic heterocycles. The molecule has 0 fully saturated rings. The highest BCUT2D eigenvalue weighted by Crippen LogP contribution is 2.30. The maximum atomic E-state index is 12.7. The predicted octanol–water partition coefficient (Wildman–Crippen LogP) is 3.72. The molecule has 0 aliphatic rings. The largest absolute Gasteiger partial charge is 0.416 e. The minimum atomic E-state index is -4.44. The fraction of sp³-hybridized carbons (Fsp3) is 0.200. The van der Waals surface area contributed by atoms with Crippen molar-refractivity contribution in [2.45, 2.75) is 23.5 Å². The van der Waals surface area contributed by atoms with Crippen LogP contribution in [0.1, 0.15) is 12.5 Å². The summed E-state index contributed by atoms with van der Waals surface area (Å²) in [5, 5.41) is 11.1. The highest BCUT2D eigenvalue weighted by molar-refractivity contribution is 8.00. The van der Waals surface area contributed by atoms with Gasteiger partial charge < -0.3 is 5.32 Å². The van der Waals surface area contributed by atoms with Gasteiger partial charge in [-0.05, 0) is 43.3 Å². The molecule has 1 unspecified atom stereocenters. The first kappa shape index (κ1) is 20.9. The van der Waals surface area contributed by atoms with Crippen molar-refractivity contribution in [3.63, 3.8) is 0 Å². The van der Waals surface area contributed by atoms with Crippen molar-refractivity contribution in [1.82, 2.24) is 19.2 Å². The Morgan fingerprint density at radius 1 is 1.10 bits per heavy atom. The molecule has 4 aromatic rings. The molecule has 2 aromatic carbocycles. The van der Waals surface area contributed by atoms with Gasteiger partial charge in [-0.25, -0.2) is 0 Å². The minimum Gasteiger partial charge on any atom is -0.325 e. The fourth-order valence-corrected chi connectivity index (χ4v) is 3.94. The normalized spacial score (nSPS) is 12.9. The van der Waals surface area contributed by atoms with E-state index in [1.165, 1.54) is 16.7 Å². The van der Waals surface area contributed by atoms with E-state index in [2.05, 4.69) is 15.5 Å². The topological polar surface area (TPSA) is 81.3 Å². The number of rotatable bonds is 4. The van der Waals surface area contributed by atoms with Crippen LogP contribution in [0.2, 0.25) is 0 Å². The highest BCUT2D eigenvalue weighted by atomic mass is 32.2. The number of anilines is 1. The van der Waals surface area contributed by atoms with Gasteiger partial charge in [0.2, 0.25) is 11.7 Å². The quantitative estimate of drug-likeness (QED) is 0.483. The number of halogens is 3. The lowest BCUT2D eigenvalue weighted by Gasteiger charge is -2.13. The molecule has 11 heteroatoms. The van der Waals surface area contributed by atoms with Gasteiger partial charge in [0, 0.05) is 12.7 Å². The van der Waals surface area contributed by atoms with Crippen molar-refractivity contribution in [2.24, 2.45) is 7.05 Å². The van der Waals surface area contributed by atoms with E-state index in [9.17, 15) is 22.8 Å². The third-order valence-electron chi connectivity index (χ3n) is 4.73. The van der Waals surface area contributed by atoms with Gasteiger partial charge in [0.25, 0.3) is 5.56 Å². The summed E-state index contributed by atoms with van der Waals surface area (Å²) in [4.78, 5) is 25.1. The average Bonchev–Trinajstić information content (AvgIpc) is 3.15. The molecule has 0 bridgehead atoms. The number of hydrogen-bond donors (Lipinski definition) is 1. The third-order valence-corrected chi connectivity index (χ3v) is 5.77. The number of aryl methyl sites for hydroxylation is 1. The zero-order valence-electron chi connectivity index (χ0n) is 16.3. The summed E-state index contributed by atoms with van der Waals surface area (Å²) in [5.74, 6) is -0.0721. The maximum Gasteiger partial charge on any atom is 0.416 e. The lowest BCUT2D eigenvalue weighted by Crippen LogP contribution is -2.23. The van der Waals surface area contributed by atoms with Crippen molar-refractivity contribution in [1.29, 1.82) is 0 Å². The molecule has 1 amide bonds. The van der Waals surface area contributed by atoms with Crippen LogP contribution in [0.5, 0.6) is 0 Å². The van der Waals surface area contributed by atoms with Crippen molar-refractivity contribution in [2.75, 3.05) is 5.32 Å². The minimum absolute atomic E-state index is 0.208. The Bertz CT molecular complexity index is 1350. The van der Waals surface area contributed by atoms with Gasteiger partial charge in [-0.2, -0.15) is 13.2 Å². The van der Waals surface area contributed by atoms with Crippen molar-refractivity contribution in [3.8, 4) is 0 Å². The van der Waals surface area contributed by atoms with Crippen LogP contribution in [0.3, 0.4) is 0 Å². The van der Waals surface area contributed by atoms with Crippen LogP contribution in [0.25, 0.3) is 16.7 Å². The van der Waals surface area contributed by atoms with Crippen LogP contribution in [0.4, 0.5) is 18.9 Å². The molecule has 7 nitrogen and oxygen atoms in total. The van der Waals surface area contributed by atoms with Crippen LogP contribution in [-0.2, 0) is 18.0 Å². The Morgan fingerprint density at radius 3 is 2.45 bits per heavy atom. The van der Waals surface area contributed by atoms with Gasteiger partial charge in [-0.3, -0.25) is 18.6 Å². The number of hydrogen-bond acceptors (Lipinski definition) is 5. The first-order valence-electron chi connectivity index (χ1n) is 9.14. The van der Waals surface area contributed by atoms with Gasteiger partial charge in [0.05, 0.1) is 21.7 Å². The van der Waals surface area contributed by atoms with Crippen molar-refractivity contribution < 1.29 is 18.0 Å². The monoisotopic (exact) mass is 447 g/mol. The fourth-order valence-electron chi connectivity index (χ4n) is 3.09. The number of nitrogens with one attached hydrogen (secondary N) is 1. The standard InChI is InChI=1S/C20H16F3N5O2S/c1-11(16(29)24-13-9-7-12(8-10-13)20(21,22)23)31-19-26-25-18-27(2)17(30)14-5-3-4-6-15(14)28(18)19/h3-11H,1-2H3,(H,24,29). The lowest BCUT2D eigenvalue weighted by atomic mass is 10.2. The molecule has 0 saturated heterocycles. The van der Waals surface area contributed by atoms with Crippen molar-refractivity contribution >= 4 is 40.0 Å². The molecule has 1 N–H and O–H groups in total. The molecule has 0 aliphatic heterocycles. The zero-order chi connectivity index (χ0) is 22.3. The summed E-state index contributed by atoms with van der Waals surface area (Å²) in [5.41, 5.74) is -0.131. The molecule has 2 heterocycles. The number of thioether (sulfide) groups is 1. The van der Waals surface area contributed by atoms with Crippen LogP contribution < -0.4 is 10.9 Å². The predicted molar refractivity (Wildman–Crippen MR) is 111 cm³/mol. The van der Waals surface area contributed by atoms with E-state index < -0.39 is 22.9 Å². The number of carbonyl (C=O) groups excluding carboxylic acids is 1. The Balaban J connectivity index is 1.59. The smallest absolute Gasteiger partial charge is 0.325 e. The van der Waals surface area contributed by atoms with Crippen molar-refractivity contribution in [3.05, 3.63) is 64.4 Å². The number of carbonyl (C=O) groups is 1. The van der Waals surface area contributed by atoms with E-state index in [0.717, 1.165) is 23.9 Å². The number of fused-ring (bicyclic) bond motifs is 3. The lowest BCUT2D eigenvalue weighted by molar-refractivity contribution is -0.137.